The van der Waals surface area contributed by atoms with Crippen molar-refractivity contribution in [3.63, 3.8) is 0 Å². The number of rotatable bonds is 7. The summed E-state index contributed by atoms with van der Waals surface area (Å²) in [6, 6.07) is 21.4. The van der Waals surface area contributed by atoms with Gasteiger partial charge in [0.15, 0.2) is 5.82 Å². The van der Waals surface area contributed by atoms with Gasteiger partial charge in [-0.25, -0.2) is 15.0 Å². The minimum atomic E-state index is -0.00551. The molecule has 2 aromatic carbocycles. The molecule has 1 N–H and O–H groups in total. The lowest BCUT2D eigenvalue weighted by molar-refractivity contribution is -0.125. The number of para-hydroxylation sites is 1. The number of ether oxygens (including phenoxy) is 1. The number of pyridine rings is 1. The Kier molecular flexibility index (Phi) is 6.16. The minimum absolute atomic E-state index is 0.00551. The summed E-state index contributed by atoms with van der Waals surface area (Å²) in [5.41, 5.74) is 3.35. The van der Waals surface area contributed by atoms with Crippen LogP contribution in [0.1, 0.15) is 12.1 Å². The molecule has 0 bridgehead atoms. The van der Waals surface area contributed by atoms with Gasteiger partial charge in [0.05, 0.1) is 5.52 Å². The summed E-state index contributed by atoms with van der Waals surface area (Å²) in [5, 5.41) is 3.36. The Balaban J connectivity index is 1.30. The Morgan fingerprint density at radius 1 is 1.06 bits per heavy atom. The van der Waals surface area contributed by atoms with Crippen LogP contribution in [0.5, 0.6) is 11.5 Å². The molecule has 0 saturated carbocycles. The van der Waals surface area contributed by atoms with E-state index in [1.807, 2.05) is 71.6 Å². The fourth-order valence-electron chi connectivity index (χ4n) is 4.18. The molecule has 5 rings (SSSR count). The molecule has 170 valence electrons. The first-order chi connectivity index (χ1) is 16.7. The molecule has 4 aromatic rings. The molecule has 0 radical (unpaired) electrons. The molecule has 1 fully saturated rings. The molecule has 1 aliphatic heterocycles. The number of nitrogens with one attached hydrogen (secondary N) is 1. The van der Waals surface area contributed by atoms with Crippen molar-refractivity contribution in [2.45, 2.75) is 12.8 Å². The van der Waals surface area contributed by atoms with Crippen molar-refractivity contribution in [2.24, 2.45) is 5.92 Å². The maximum Gasteiger partial charge on any atom is 0.245 e. The fourth-order valence-corrected chi connectivity index (χ4v) is 4.18. The van der Waals surface area contributed by atoms with Gasteiger partial charge in [-0.05, 0) is 73.4 Å². The molecule has 1 unspecified atom stereocenters. The molecule has 3 heterocycles. The minimum Gasteiger partial charge on any atom is -0.457 e. The van der Waals surface area contributed by atoms with Crippen molar-refractivity contribution < 1.29 is 9.53 Å². The highest BCUT2D eigenvalue weighted by molar-refractivity contribution is 5.87. The van der Waals surface area contributed by atoms with Crippen LogP contribution >= 0.6 is 0 Å². The lowest BCUT2D eigenvalue weighted by atomic mass is 10.0. The Labute approximate surface area is 198 Å². The summed E-state index contributed by atoms with van der Waals surface area (Å²) in [7, 11) is 0. The molecule has 7 nitrogen and oxygen atoms in total. The zero-order valence-corrected chi connectivity index (χ0v) is 18.7. The zero-order chi connectivity index (χ0) is 23.3. The number of fused-ring (bicyclic) bond motifs is 1. The first-order valence-corrected chi connectivity index (χ1v) is 11.3. The molecule has 7 heteroatoms. The van der Waals surface area contributed by atoms with Crippen LogP contribution in [0.3, 0.4) is 0 Å². The smallest absolute Gasteiger partial charge is 0.245 e. The number of likely N-dealkylation sites (tertiary alicyclic amines) is 1. The van der Waals surface area contributed by atoms with Crippen LogP contribution in [0.4, 0.5) is 11.5 Å². The highest BCUT2D eigenvalue weighted by Crippen LogP contribution is 2.27. The molecule has 1 atom stereocenters. The topological polar surface area (TPSA) is 80.2 Å². The lowest BCUT2D eigenvalue weighted by Crippen LogP contribution is -2.26. The molecular weight excluding hydrogens is 426 g/mol. The summed E-state index contributed by atoms with van der Waals surface area (Å²) in [4.78, 5) is 27.4. The van der Waals surface area contributed by atoms with Gasteiger partial charge in [0, 0.05) is 24.5 Å². The zero-order valence-electron chi connectivity index (χ0n) is 18.7. The first kappa shape index (κ1) is 21.6. The normalized spacial score (nSPS) is 15.3. The van der Waals surface area contributed by atoms with E-state index in [2.05, 4.69) is 21.9 Å². The molecule has 0 aliphatic carbocycles. The van der Waals surface area contributed by atoms with Crippen LogP contribution in [0.2, 0.25) is 0 Å². The van der Waals surface area contributed by atoms with E-state index >= 15 is 0 Å². The van der Waals surface area contributed by atoms with Crippen molar-refractivity contribution in [1.82, 2.24) is 19.9 Å². The number of nitrogens with zero attached hydrogens (tertiary/aromatic N) is 4. The quantitative estimate of drug-likeness (QED) is 0.392. The van der Waals surface area contributed by atoms with Gasteiger partial charge in [0.25, 0.3) is 0 Å². The van der Waals surface area contributed by atoms with Gasteiger partial charge in [0.1, 0.15) is 23.3 Å². The van der Waals surface area contributed by atoms with E-state index < -0.39 is 0 Å². The average Bonchev–Trinajstić information content (AvgIpc) is 3.34. The molecule has 0 spiro atoms. The number of hydrogen-bond acceptors (Lipinski definition) is 6. The van der Waals surface area contributed by atoms with Crippen molar-refractivity contribution in [3.8, 4) is 11.5 Å². The highest BCUT2D eigenvalue weighted by atomic mass is 16.5. The van der Waals surface area contributed by atoms with Crippen molar-refractivity contribution in [2.75, 3.05) is 18.4 Å². The lowest BCUT2D eigenvalue weighted by Gasteiger charge is -2.14. The predicted molar refractivity (Wildman–Crippen MR) is 132 cm³/mol. The van der Waals surface area contributed by atoms with Gasteiger partial charge in [-0.1, -0.05) is 24.8 Å². The van der Waals surface area contributed by atoms with Crippen LogP contribution in [0.25, 0.3) is 11.0 Å². The maximum atomic E-state index is 11.9. The van der Waals surface area contributed by atoms with Crippen molar-refractivity contribution in [3.05, 3.63) is 91.4 Å². The summed E-state index contributed by atoms with van der Waals surface area (Å²) >= 11 is 0. The van der Waals surface area contributed by atoms with E-state index in [0.29, 0.717) is 11.7 Å². The number of amides is 1. The van der Waals surface area contributed by atoms with Crippen LogP contribution in [0.15, 0.2) is 85.7 Å². The summed E-state index contributed by atoms with van der Waals surface area (Å²) in [6.45, 7) is 5.09. The maximum absolute atomic E-state index is 11.9. The molecule has 2 aromatic heterocycles. The number of carbonyl (C=O) groups excluding carboxylic acids is 1. The Hall–Kier alpha value is -4.26. The summed E-state index contributed by atoms with van der Waals surface area (Å²) in [6.07, 6.45) is 4.69. The van der Waals surface area contributed by atoms with Crippen molar-refractivity contribution >= 4 is 28.4 Å². The predicted octanol–water partition coefficient (Wildman–Crippen LogP) is 5.14. The van der Waals surface area contributed by atoms with Crippen LogP contribution in [0, 0.1) is 5.92 Å². The van der Waals surface area contributed by atoms with Gasteiger partial charge in [-0.3, -0.25) is 4.79 Å². The molecular formula is C27H25N5O2. The number of carbonyl (C=O) groups is 1. The van der Waals surface area contributed by atoms with Gasteiger partial charge in [-0.2, -0.15) is 0 Å². The first-order valence-electron chi connectivity index (χ1n) is 11.3. The second-order valence-corrected chi connectivity index (χ2v) is 8.30. The third kappa shape index (κ3) is 4.88. The van der Waals surface area contributed by atoms with Crippen LogP contribution in [-0.4, -0.2) is 38.8 Å². The monoisotopic (exact) mass is 451 g/mol. The number of anilines is 2. The third-order valence-corrected chi connectivity index (χ3v) is 5.91. The molecule has 34 heavy (non-hydrogen) atoms. The number of benzene rings is 2. The second-order valence-electron chi connectivity index (χ2n) is 8.30. The van der Waals surface area contributed by atoms with Gasteiger partial charge in [0.2, 0.25) is 5.91 Å². The second kappa shape index (κ2) is 9.70. The largest absolute Gasteiger partial charge is 0.457 e. The average molecular weight is 452 g/mol. The number of aromatic nitrogens is 3. The Bertz CT molecular complexity index is 1310. The van der Waals surface area contributed by atoms with E-state index in [-0.39, 0.29) is 5.91 Å². The summed E-state index contributed by atoms with van der Waals surface area (Å²) < 4.78 is 5.87. The standard InChI is InChI=1S/C27H25N5O2/c1-2-25(33)32-15-14-19(17-32)16-21-10-13-24-26(30-21)27(29-18-28-24)31-20-8-11-23(12-9-20)34-22-6-4-3-5-7-22/h2-13,18-19H,1,14-17H2,(H,28,29,31). The summed E-state index contributed by atoms with van der Waals surface area (Å²) in [5.74, 6) is 2.57. The van der Waals surface area contributed by atoms with E-state index in [9.17, 15) is 4.79 Å². The van der Waals surface area contributed by atoms with E-state index in [0.717, 1.165) is 59.8 Å². The SMILES string of the molecule is C=CC(=O)N1CCC(Cc2ccc3ncnc(Nc4ccc(Oc5ccccc5)cc4)c3n2)C1. The third-order valence-electron chi connectivity index (χ3n) is 5.91. The van der Waals surface area contributed by atoms with Crippen LogP contribution in [-0.2, 0) is 11.2 Å². The van der Waals surface area contributed by atoms with Gasteiger partial charge >= 0.3 is 0 Å². The Morgan fingerprint density at radius 2 is 1.85 bits per heavy atom. The van der Waals surface area contributed by atoms with Gasteiger partial charge < -0.3 is 15.0 Å². The van der Waals surface area contributed by atoms with E-state index in [1.165, 1.54) is 12.4 Å². The fraction of sp³-hybridized carbons (Fsp3) is 0.185. The number of hydrogen-bond donors (Lipinski definition) is 1. The van der Waals surface area contributed by atoms with Crippen LogP contribution < -0.4 is 10.1 Å². The van der Waals surface area contributed by atoms with Gasteiger partial charge in [-0.15, -0.1) is 0 Å². The molecule has 1 saturated heterocycles. The highest BCUT2D eigenvalue weighted by Gasteiger charge is 2.25. The van der Waals surface area contributed by atoms with E-state index in [4.69, 9.17) is 9.72 Å². The Morgan fingerprint density at radius 3 is 2.65 bits per heavy atom. The van der Waals surface area contributed by atoms with E-state index in [1.54, 1.807) is 0 Å². The molecule has 1 aliphatic rings. The molecule has 1 amide bonds. The van der Waals surface area contributed by atoms with Crippen molar-refractivity contribution in [1.29, 1.82) is 0 Å².